The molecule has 0 radical (unpaired) electrons. The maximum Gasteiger partial charge on any atom is 0.264 e. The van der Waals surface area contributed by atoms with Crippen molar-refractivity contribution in [3.05, 3.63) is 94.5 Å². The van der Waals surface area contributed by atoms with Crippen LogP contribution in [0.25, 0.3) is 0 Å². The van der Waals surface area contributed by atoms with Gasteiger partial charge in [0.15, 0.2) is 0 Å². The average molecular weight is 584 g/mol. The quantitative estimate of drug-likeness (QED) is 0.289. The number of aryl methyl sites for hydroxylation is 1. The summed E-state index contributed by atoms with van der Waals surface area (Å²) in [6, 6.07) is 19.7. The first-order valence-corrected chi connectivity index (χ1v) is 15.3. The molecule has 214 valence electrons. The van der Waals surface area contributed by atoms with Crippen molar-refractivity contribution in [2.24, 2.45) is 0 Å². The van der Waals surface area contributed by atoms with Crippen molar-refractivity contribution in [1.82, 2.24) is 10.2 Å². The molecule has 40 heavy (non-hydrogen) atoms. The summed E-state index contributed by atoms with van der Waals surface area (Å²) >= 11 is 6.38. The first-order chi connectivity index (χ1) is 19.0. The Labute approximate surface area is 243 Å². The van der Waals surface area contributed by atoms with Crippen LogP contribution in [0.15, 0.2) is 77.7 Å². The Balaban J connectivity index is 2.10. The van der Waals surface area contributed by atoms with Crippen LogP contribution < -0.4 is 9.62 Å². The van der Waals surface area contributed by atoms with Gasteiger partial charge in [-0.25, -0.2) is 8.42 Å². The van der Waals surface area contributed by atoms with Crippen LogP contribution in [-0.2, 0) is 26.2 Å². The summed E-state index contributed by atoms with van der Waals surface area (Å²) in [5.74, 6) is -0.761. The smallest absolute Gasteiger partial charge is 0.264 e. The fraction of sp³-hybridized carbons (Fsp3) is 0.355. The third-order valence-corrected chi connectivity index (χ3v) is 9.29. The number of hydrogen-bond acceptors (Lipinski definition) is 4. The number of benzene rings is 3. The molecule has 0 saturated carbocycles. The number of nitrogens with one attached hydrogen (secondary N) is 1. The van der Waals surface area contributed by atoms with Gasteiger partial charge in [-0.3, -0.25) is 13.9 Å². The molecule has 0 aliphatic rings. The van der Waals surface area contributed by atoms with Gasteiger partial charge in [0.05, 0.1) is 10.6 Å². The zero-order valence-corrected chi connectivity index (χ0v) is 25.3. The number of nitrogens with zero attached hydrogens (tertiary/aromatic N) is 2. The molecule has 0 spiro atoms. The summed E-state index contributed by atoms with van der Waals surface area (Å²) in [5.41, 5.74) is 2.68. The third-order valence-electron chi connectivity index (χ3n) is 7.11. The van der Waals surface area contributed by atoms with Gasteiger partial charge in [0.2, 0.25) is 11.8 Å². The normalized spacial score (nSPS) is 12.8. The van der Waals surface area contributed by atoms with Crippen molar-refractivity contribution in [2.75, 3.05) is 10.8 Å². The maximum atomic E-state index is 14.2. The Morgan fingerprint density at radius 1 is 0.900 bits per heavy atom. The van der Waals surface area contributed by atoms with Gasteiger partial charge in [-0.2, -0.15) is 0 Å². The van der Waals surface area contributed by atoms with Crippen molar-refractivity contribution < 1.29 is 18.0 Å². The lowest BCUT2D eigenvalue weighted by atomic mass is 10.1. The summed E-state index contributed by atoms with van der Waals surface area (Å²) in [4.78, 5) is 29.1. The molecule has 3 aromatic carbocycles. The van der Waals surface area contributed by atoms with E-state index in [-0.39, 0.29) is 23.4 Å². The summed E-state index contributed by atoms with van der Waals surface area (Å²) < 4.78 is 29.0. The zero-order chi connectivity index (χ0) is 29.4. The molecule has 0 heterocycles. The molecule has 0 aliphatic carbocycles. The molecule has 1 N–H and O–H groups in total. The van der Waals surface area contributed by atoms with Crippen LogP contribution in [0.2, 0.25) is 5.02 Å². The Morgan fingerprint density at radius 3 is 2.17 bits per heavy atom. The van der Waals surface area contributed by atoms with E-state index in [0.717, 1.165) is 21.9 Å². The van der Waals surface area contributed by atoms with Gasteiger partial charge >= 0.3 is 0 Å². The second-order valence-electron chi connectivity index (χ2n) is 9.90. The number of carbonyl (C=O) groups is 2. The fourth-order valence-corrected chi connectivity index (χ4v) is 6.09. The molecule has 0 aromatic heterocycles. The molecule has 0 saturated heterocycles. The largest absolute Gasteiger partial charge is 0.352 e. The molecule has 3 aromatic rings. The predicted molar refractivity (Wildman–Crippen MR) is 161 cm³/mol. The highest BCUT2D eigenvalue weighted by Gasteiger charge is 2.34. The van der Waals surface area contributed by atoms with Gasteiger partial charge in [0.25, 0.3) is 10.0 Å². The molecule has 0 fully saturated rings. The van der Waals surface area contributed by atoms with Crippen molar-refractivity contribution in [1.29, 1.82) is 0 Å². The number of anilines is 1. The van der Waals surface area contributed by atoms with Crippen LogP contribution in [0.4, 0.5) is 5.69 Å². The molecule has 2 atom stereocenters. The second kappa shape index (κ2) is 13.8. The van der Waals surface area contributed by atoms with E-state index in [1.165, 1.54) is 17.0 Å². The summed E-state index contributed by atoms with van der Waals surface area (Å²) in [7, 11) is -4.15. The molecule has 9 heteroatoms. The standard InChI is InChI=1S/C31H38ClN3O4S/c1-6-23(4)33-31(37)28(7-2)34(20-25-15-12-11-14-22(25)3)30(36)21-35(29-19-13-18-27(32)24(29)5)40(38,39)26-16-9-8-10-17-26/h8-19,23,28H,6-7,20-21H2,1-5H3,(H,33,37)/t23-,28+/m1/s1. The van der Waals surface area contributed by atoms with E-state index in [0.29, 0.717) is 22.7 Å². The van der Waals surface area contributed by atoms with Crippen LogP contribution in [-0.4, -0.2) is 43.8 Å². The lowest BCUT2D eigenvalue weighted by Crippen LogP contribution is -2.53. The van der Waals surface area contributed by atoms with Crippen LogP contribution >= 0.6 is 11.6 Å². The van der Waals surface area contributed by atoms with E-state index in [9.17, 15) is 18.0 Å². The van der Waals surface area contributed by atoms with E-state index in [4.69, 9.17) is 11.6 Å². The molecule has 7 nitrogen and oxygen atoms in total. The molecular formula is C31H38ClN3O4S. The van der Waals surface area contributed by atoms with Crippen LogP contribution in [0.1, 0.15) is 50.3 Å². The Morgan fingerprint density at radius 2 is 1.55 bits per heavy atom. The topological polar surface area (TPSA) is 86.8 Å². The molecule has 2 amide bonds. The van der Waals surface area contributed by atoms with Crippen LogP contribution in [0.3, 0.4) is 0 Å². The molecule has 0 unspecified atom stereocenters. The van der Waals surface area contributed by atoms with E-state index in [1.54, 1.807) is 43.3 Å². The van der Waals surface area contributed by atoms with Crippen LogP contribution in [0, 0.1) is 13.8 Å². The van der Waals surface area contributed by atoms with Gasteiger partial charge in [-0.1, -0.05) is 74.0 Å². The SMILES string of the molecule is CC[C@@H](C)NC(=O)[C@H](CC)N(Cc1ccccc1C)C(=O)CN(c1cccc(Cl)c1C)S(=O)(=O)c1ccccc1. The minimum absolute atomic E-state index is 0.0502. The minimum Gasteiger partial charge on any atom is -0.352 e. The lowest BCUT2D eigenvalue weighted by Gasteiger charge is -2.34. The number of amides is 2. The highest BCUT2D eigenvalue weighted by atomic mass is 35.5. The van der Waals surface area contributed by atoms with E-state index in [2.05, 4.69) is 5.32 Å². The van der Waals surface area contributed by atoms with Crippen molar-refractivity contribution in [2.45, 2.75) is 71.0 Å². The first kappa shape index (κ1) is 31.2. The van der Waals surface area contributed by atoms with Crippen molar-refractivity contribution >= 4 is 39.1 Å². The van der Waals surface area contributed by atoms with E-state index < -0.39 is 28.5 Å². The predicted octanol–water partition coefficient (Wildman–Crippen LogP) is 5.87. The zero-order valence-electron chi connectivity index (χ0n) is 23.7. The third kappa shape index (κ3) is 7.23. The highest BCUT2D eigenvalue weighted by Crippen LogP contribution is 2.31. The number of halogens is 1. The average Bonchev–Trinajstić information content (AvgIpc) is 2.94. The minimum atomic E-state index is -4.15. The fourth-order valence-electron chi connectivity index (χ4n) is 4.43. The van der Waals surface area contributed by atoms with Crippen molar-refractivity contribution in [3.8, 4) is 0 Å². The first-order valence-electron chi connectivity index (χ1n) is 13.5. The van der Waals surface area contributed by atoms with Crippen molar-refractivity contribution in [3.63, 3.8) is 0 Å². The monoisotopic (exact) mass is 583 g/mol. The maximum absolute atomic E-state index is 14.2. The Kier molecular flexibility index (Phi) is 10.8. The van der Waals surface area contributed by atoms with Gasteiger partial charge < -0.3 is 10.2 Å². The lowest BCUT2D eigenvalue weighted by molar-refractivity contribution is -0.140. The molecule has 0 aliphatic heterocycles. The summed E-state index contributed by atoms with van der Waals surface area (Å²) in [6.45, 7) is 9.05. The highest BCUT2D eigenvalue weighted by molar-refractivity contribution is 7.92. The Hall–Kier alpha value is -3.36. The van der Waals surface area contributed by atoms with Gasteiger partial charge in [-0.15, -0.1) is 0 Å². The number of hydrogen-bond donors (Lipinski definition) is 1. The van der Waals surface area contributed by atoms with Crippen LogP contribution in [0.5, 0.6) is 0 Å². The van der Waals surface area contributed by atoms with E-state index in [1.807, 2.05) is 52.0 Å². The van der Waals surface area contributed by atoms with Gasteiger partial charge in [0.1, 0.15) is 12.6 Å². The second-order valence-corrected chi connectivity index (χ2v) is 12.2. The number of rotatable bonds is 12. The molecule has 0 bridgehead atoms. The van der Waals surface area contributed by atoms with Gasteiger partial charge in [-0.05, 0) is 74.6 Å². The van der Waals surface area contributed by atoms with E-state index >= 15 is 0 Å². The summed E-state index contributed by atoms with van der Waals surface area (Å²) in [6.07, 6.45) is 1.10. The molecular weight excluding hydrogens is 546 g/mol. The van der Waals surface area contributed by atoms with Gasteiger partial charge in [0, 0.05) is 17.6 Å². The Bertz CT molecular complexity index is 1430. The number of carbonyl (C=O) groups excluding carboxylic acids is 2. The molecule has 3 rings (SSSR count). The summed E-state index contributed by atoms with van der Waals surface area (Å²) in [5, 5.41) is 3.38. The number of sulfonamides is 1.